The third-order valence-corrected chi connectivity index (χ3v) is 4.23. The monoisotopic (exact) mass is 339 g/mol. The number of para-hydroxylation sites is 1. The Hall–Kier alpha value is -2.93. The van der Waals surface area contributed by atoms with Gasteiger partial charge in [0, 0.05) is 5.39 Å². The molecule has 0 aliphatic heterocycles. The van der Waals surface area contributed by atoms with Crippen molar-refractivity contribution in [3.05, 3.63) is 59.5 Å². The molecule has 3 aromatic heterocycles. The Morgan fingerprint density at radius 3 is 2.92 bits per heavy atom. The Morgan fingerprint density at radius 2 is 2.08 bits per heavy atom. The molecule has 3 heterocycles. The smallest absolute Gasteiger partial charge is 0.257 e. The summed E-state index contributed by atoms with van der Waals surface area (Å²) in [5.74, 6) is 1.53. The number of thiophene rings is 1. The van der Waals surface area contributed by atoms with Crippen molar-refractivity contribution in [2.45, 2.75) is 13.5 Å². The molecule has 0 bridgehead atoms. The van der Waals surface area contributed by atoms with Crippen molar-refractivity contribution in [1.29, 1.82) is 0 Å². The summed E-state index contributed by atoms with van der Waals surface area (Å²) in [5, 5.41) is 15.0. The SMILES string of the molecule is C/C(=N/OCc1nnc(-c2cccs2)o1)c1cc2ccccc2o1. The maximum Gasteiger partial charge on any atom is 0.257 e. The van der Waals surface area contributed by atoms with Crippen LogP contribution in [-0.4, -0.2) is 15.9 Å². The average molecular weight is 339 g/mol. The van der Waals surface area contributed by atoms with Crippen molar-refractivity contribution in [2.75, 3.05) is 0 Å². The molecule has 7 heteroatoms. The zero-order chi connectivity index (χ0) is 16.4. The van der Waals surface area contributed by atoms with E-state index in [0.717, 1.165) is 15.8 Å². The van der Waals surface area contributed by atoms with Gasteiger partial charge in [-0.15, -0.1) is 21.5 Å². The van der Waals surface area contributed by atoms with E-state index >= 15 is 0 Å². The van der Waals surface area contributed by atoms with Gasteiger partial charge in [0.25, 0.3) is 11.8 Å². The first-order valence-corrected chi connectivity index (χ1v) is 8.19. The van der Waals surface area contributed by atoms with Gasteiger partial charge < -0.3 is 13.7 Å². The summed E-state index contributed by atoms with van der Waals surface area (Å²) in [4.78, 5) is 6.22. The standard InChI is InChI=1S/C17H13N3O3S/c1-11(14-9-12-5-2-3-6-13(12)22-14)20-21-10-16-18-19-17(23-16)15-7-4-8-24-15/h2-9H,10H2,1H3/b20-11-. The second-order valence-electron chi connectivity index (χ2n) is 5.08. The lowest BCUT2D eigenvalue weighted by Crippen LogP contribution is -1.95. The van der Waals surface area contributed by atoms with E-state index in [2.05, 4.69) is 15.4 Å². The van der Waals surface area contributed by atoms with E-state index in [4.69, 9.17) is 13.7 Å². The van der Waals surface area contributed by atoms with Crippen LogP contribution in [0.3, 0.4) is 0 Å². The van der Waals surface area contributed by atoms with Gasteiger partial charge in [0.15, 0.2) is 12.4 Å². The van der Waals surface area contributed by atoms with Crippen molar-refractivity contribution < 1.29 is 13.7 Å². The summed E-state index contributed by atoms with van der Waals surface area (Å²) >= 11 is 1.54. The molecule has 0 aliphatic carbocycles. The number of hydrogen-bond acceptors (Lipinski definition) is 7. The number of fused-ring (bicyclic) bond motifs is 1. The molecule has 0 unspecified atom stereocenters. The number of rotatable bonds is 5. The highest BCUT2D eigenvalue weighted by Gasteiger charge is 2.10. The fourth-order valence-electron chi connectivity index (χ4n) is 2.20. The Morgan fingerprint density at radius 1 is 1.17 bits per heavy atom. The predicted octanol–water partition coefficient (Wildman–Crippen LogP) is 4.49. The van der Waals surface area contributed by atoms with E-state index in [0.29, 0.717) is 23.3 Å². The first-order valence-electron chi connectivity index (χ1n) is 7.31. The van der Waals surface area contributed by atoms with Gasteiger partial charge in [-0.3, -0.25) is 0 Å². The third-order valence-electron chi connectivity index (χ3n) is 3.37. The van der Waals surface area contributed by atoms with Crippen molar-refractivity contribution >= 4 is 28.0 Å². The van der Waals surface area contributed by atoms with Crippen LogP contribution in [0.25, 0.3) is 21.7 Å². The topological polar surface area (TPSA) is 73.7 Å². The summed E-state index contributed by atoms with van der Waals surface area (Å²) in [7, 11) is 0. The molecular weight excluding hydrogens is 326 g/mol. The largest absolute Gasteiger partial charge is 0.455 e. The van der Waals surface area contributed by atoms with E-state index in [-0.39, 0.29) is 6.61 Å². The van der Waals surface area contributed by atoms with Crippen LogP contribution in [0.1, 0.15) is 18.6 Å². The molecule has 120 valence electrons. The second-order valence-corrected chi connectivity index (χ2v) is 6.02. The van der Waals surface area contributed by atoms with Crippen molar-refractivity contribution in [3.8, 4) is 10.8 Å². The Labute approximate surface area is 141 Å². The molecule has 4 rings (SSSR count). The van der Waals surface area contributed by atoms with Crippen molar-refractivity contribution in [1.82, 2.24) is 10.2 Å². The van der Waals surface area contributed by atoms with E-state index in [1.54, 1.807) is 11.3 Å². The fourth-order valence-corrected chi connectivity index (χ4v) is 2.85. The van der Waals surface area contributed by atoms with Crippen LogP contribution < -0.4 is 0 Å². The van der Waals surface area contributed by atoms with E-state index in [9.17, 15) is 0 Å². The van der Waals surface area contributed by atoms with Gasteiger partial charge in [0.2, 0.25) is 0 Å². The summed E-state index contributed by atoms with van der Waals surface area (Å²) < 4.78 is 11.3. The maximum absolute atomic E-state index is 5.72. The fraction of sp³-hybridized carbons (Fsp3) is 0.118. The van der Waals surface area contributed by atoms with Crippen LogP contribution in [0.15, 0.2) is 61.8 Å². The summed E-state index contributed by atoms with van der Waals surface area (Å²) in [6.07, 6.45) is 0. The third kappa shape index (κ3) is 2.93. The molecule has 0 amide bonds. The molecule has 0 aliphatic rings. The number of benzene rings is 1. The minimum Gasteiger partial charge on any atom is -0.455 e. The molecule has 0 saturated carbocycles. The van der Waals surface area contributed by atoms with Crippen molar-refractivity contribution in [3.63, 3.8) is 0 Å². The van der Waals surface area contributed by atoms with Crippen LogP contribution in [0.4, 0.5) is 0 Å². The highest BCUT2D eigenvalue weighted by molar-refractivity contribution is 7.13. The Balaban J connectivity index is 1.43. The molecule has 0 spiro atoms. The molecular formula is C17H13N3O3S. The zero-order valence-electron chi connectivity index (χ0n) is 12.8. The summed E-state index contributed by atoms with van der Waals surface area (Å²) in [5.41, 5.74) is 1.46. The van der Waals surface area contributed by atoms with Gasteiger partial charge in [-0.2, -0.15) is 0 Å². The zero-order valence-corrected chi connectivity index (χ0v) is 13.6. The number of aromatic nitrogens is 2. The molecule has 0 fully saturated rings. The van der Waals surface area contributed by atoms with Crippen LogP contribution in [0.5, 0.6) is 0 Å². The number of hydrogen-bond donors (Lipinski definition) is 0. The van der Waals surface area contributed by atoms with Gasteiger partial charge >= 0.3 is 0 Å². The van der Waals surface area contributed by atoms with Crippen LogP contribution >= 0.6 is 11.3 Å². The predicted molar refractivity (Wildman–Crippen MR) is 90.8 cm³/mol. The molecule has 24 heavy (non-hydrogen) atoms. The molecule has 6 nitrogen and oxygen atoms in total. The molecule has 0 saturated heterocycles. The first-order chi connectivity index (χ1) is 11.8. The van der Waals surface area contributed by atoms with E-state index in [1.807, 2.05) is 54.8 Å². The molecule has 0 N–H and O–H groups in total. The normalized spacial score (nSPS) is 12.0. The van der Waals surface area contributed by atoms with Crippen LogP contribution in [0, 0.1) is 0 Å². The molecule has 0 atom stereocenters. The Kier molecular flexibility index (Phi) is 3.84. The molecule has 1 aromatic carbocycles. The van der Waals surface area contributed by atoms with Crippen LogP contribution in [0.2, 0.25) is 0 Å². The Bertz CT molecular complexity index is 953. The van der Waals surface area contributed by atoms with Gasteiger partial charge in [-0.25, -0.2) is 0 Å². The highest BCUT2D eigenvalue weighted by atomic mass is 32.1. The minimum absolute atomic E-state index is 0.107. The quantitative estimate of drug-likeness (QED) is 0.396. The number of furan rings is 1. The number of nitrogens with zero attached hydrogens (tertiary/aromatic N) is 3. The highest BCUT2D eigenvalue weighted by Crippen LogP contribution is 2.23. The second kappa shape index (κ2) is 6.29. The summed E-state index contributed by atoms with van der Waals surface area (Å²) in [6, 6.07) is 13.6. The van der Waals surface area contributed by atoms with Gasteiger partial charge in [0.1, 0.15) is 11.3 Å². The summed E-state index contributed by atoms with van der Waals surface area (Å²) in [6.45, 7) is 1.93. The van der Waals surface area contributed by atoms with Crippen molar-refractivity contribution in [2.24, 2.45) is 5.16 Å². The van der Waals surface area contributed by atoms with E-state index < -0.39 is 0 Å². The molecule has 4 aromatic rings. The minimum atomic E-state index is 0.107. The number of oxime groups is 1. The first kappa shape index (κ1) is 14.6. The lowest BCUT2D eigenvalue weighted by molar-refractivity contribution is 0.111. The van der Waals surface area contributed by atoms with Gasteiger partial charge in [0.05, 0.1) is 4.88 Å². The van der Waals surface area contributed by atoms with Gasteiger partial charge in [-0.1, -0.05) is 29.4 Å². The maximum atomic E-state index is 5.72. The van der Waals surface area contributed by atoms with Gasteiger partial charge in [-0.05, 0) is 30.5 Å². The van der Waals surface area contributed by atoms with E-state index in [1.165, 1.54) is 0 Å². The lowest BCUT2D eigenvalue weighted by Gasteiger charge is -1.96. The van der Waals surface area contributed by atoms with Crippen LogP contribution in [-0.2, 0) is 11.4 Å². The average Bonchev–Trinajstić information content (AvgIpc) is 3.33. The lowest BCUT2D eigenvalue weighted by atomic mass is 10.2. The molecule has 0 radical (unpaired) electrons.